The second-order valence-electron chi connectivity index (χ2n) is 6.25. The molecular formula is C22H19N3. The predicted molar refractivity (Wildman–Crippen MR) is 102 cm³/mol. The van der Waals surface area contributed by atoms with E-state index in [4.69, 9.17) is 10.2 Å². The van der Waals surface area contributed by atoms with Gasteiger partial charge in [-0.1, -0.05) is 77.9 Å². The number of aromatic nitrogens is 3. The second-order valence-corrected chi connectivity index (χ2v) is 6.25. The molecule has 3 aromatic carbocycles. The van der Waals surface area contributed by atoms with Crippen molar-refractivity contribution in [3.05, 3.63) is 90.0 Å². The number of benzene rings is 3. The lowest BCUT2D eigenvalue weighted by Crippen LogP contribution is -1.98. The number of rotatable bonds is 3. The van der Waals surface area contributed by atoms with Crippen LogP contribution in [0.4, 0.5) is 0 Å². The first-order valence-electron chi connectivity index (χ1n) is 8.37. The summed E-state index contributed by atoms with van der Waals surface area (Å²) < 4.78 is 0. The highest BCUT2D eigenvalue weighted by molar-refractivity contribution is 5.77. The van der Waals surface area contributed by atoms with Gasteiger partial charge in [0, 0.05) is 11.1 Å². The summed E-state index contributed by atoms with van der Waals surface area (Å²) in [6, 6.07) is 26.9. The molecule has 0 aliphatic heterocycles. The molecule has 0 aliphatic carbocycles. The van der Waals surface area contributed by atoms with Crippen LogP contribution in [0.1, 0.15) is 11.1 Å². The molecule has 0 bridgehead atoms. The standard InChI is InChI=1S/C22H19N3/c1-16-8-12-18(13-9-16)21-22(19-14-10-17(2)11-15-19)24-25(23-21)20-6-4-3-5-7-20/h3-15H,1-2H3. The molecule has 0 amide bonds. The Balaban J connectivity index is 1.89. The Kier molecular flexibility index (Phi) is 3.90. The highest BCUT2D eigenvalue weighted by Crippen LogP contribution is 2.30. The van der Waals surface area contributed by atoms with E-state index in [9.17, 15) is 0 Å². The zero-order chi connectivity index (χ0) is 17.2. The Morgan fingerprint density at radius 3 is 1.44 bits per heavy atom. The van der Waals surface area contributed by atoms with E-state index in [1.807, 2.05) is 30.3 Å². The molecule has 3 heteroatoms. The fourth-order valence-corrected chi connectivity index (χ4v) is 2.80. The van der Waals surface area contributed by atoms with E-state index in [2.05, 4.69) is 62.4 Å². The van der Waals surface area contributed by atoms with Crippen LogP contribution in [0.5, 0.6) is 0 Å². The van der Waals surface area contributed by atoms with Gasteiger partial charge in [-0.3, -0.25) is 0 Å². The van der Waals surface area contributed by atoms with E-state index in [1.54, 1.807) is 4.80 Å². The average molecular weight is 325 g/mol. The topological polar surface area (TPSA) is 30.7 Å². The summed E-state index contributed by atoms with van der Waals surface area (Å²) in [6.45, 7) is 4.18. The van der Waals surface area contributed by atoms with Crippen LogP contribution in [0.15, 0.2) is 78.9 Å². The minimum absolute atomic E-state index is 0.896. The molecule has 3 nitrogen and oxygen atoms in total. The van der Waals surface area contributed by atoms with Gasteiger partial charge in [0.05, 0.1) is 5.69 Å². The van der Waals surface area contributed by atoms with Crippen LogP contribution in [0.3, 0.4) is 0 Å². The molecule has 0 radical (unpaired) electrons. The molecule has 1 heterocycles. The van der Waals surface area contributed by atoms with Crippen molar-refractivity contribution in [1.29, 1.82) is 0 Å². The number of nitrogens with zero attached hydrogens (tertiary/aromatic N) is 3. The zero-order valence-electron chi connectivity index (χ0n) is 14.3. The number of para-hydroxylation sites is 1. The lowest BCUT2D eigenvalue weighted by atomic mass is 10.0. The SMILES string of the molecule is Cc1ccc(-c2nn(-c3ccccc3)nc2-c2ccc(C)cc2)cc1. The minimum atomic E-state index is 0.896. The maximum Gasteiger partial charge on any atom is 0.121 e. The van der Waals surface area contributed by atoms with Gasteiger partial charge in [-0.15, -0.1) is 10.2 Å². The van der Waals surface area contributed by atoms with Crippen molar-refractivity contribution < 1.29 is 0 Å². The summed E-state index contributed by atoms with van der Waals surface area (Å²) in [4.78, 5) is 1.71. The number of hydrogen-bond acceptors (Lipinski definition) is 2. The Labute approximate surface area is 147 Å². The first-order chi connectivity index (χ1) is 12.2. The lowest BCUT2D eigenvalue weighted by molar-refractivity contribution is 0.755. The molecule has 122 valence electrons. The summed E-state index contributed by atoms with van der Waals surface area (Å²) in [5.74, 6) is 0. The predicted octanol–water partition coefficient (Wildman–Crippen LogP) is 5.22. The molecule has 0 fully saturated rings. The van der Waals surface area contributed by atoms with Crippen LogP contribution in [0.25, 0.3) is 28.2 Å². The van der Waals surface area contributed by atoms with E-state index < -0.39 is 0 Å². The quantitative estimate of drug-likeness (QED) is 0.517. The smallest absolute Gasteiger partial charge is 0.121 e. The van der Waals surface area contributed by atoms with Crippen LogP contribution >= 0.6 is 0 Å². The maximum absolute atomic E-state index is 4.78. The summed E-state index contributed by atoms with van der Waals surface area (Å²) in [5, 5.41) is 9.57. The van der Waals surface area contributed by atoms with Crippen LogP contribution in [0, 0.1) is 13.8 Å². The molecule has 1 aromatic heterocycles. The van der Waals surface area contributed by atoms with E-state index in [-0.39, 0.29) is 0 Å². The molecule has 4 rings (SSSR count). The molecule has 0 N–H and O–H groups in total. The number of aryl methyl sites for hydroxylation is 2. The molecule has 4 aromatic rings. The minimum Gasteiger partial charge on any atom is -0.150 e. The Morgan fingerprint density at radius 2 is 1.00 bits per heavy atom. The van der Waals surface area contributed by atoms with Crippen molar-refractivity contribution in [1.82, 2.24) is 15.0 Å². The monoisotopic (exact) mass is 325 g/mol. The highest BCUT2D eigenvalue weighted by Gasteiger charge is 2.15. The van der Waals surface area contributed by atoms with Crippen LogP contribution in [-0.4, -0.2) is 15.0 Å². The summed E-state index contributed by atoms with van der Waals surface area (Å²) in [5.41, 5.74) is 7.36. The average Bonchev–Trinajstić information content (AvgIpc) is 3.09. The van der Waals surface area contributed by atoms with Gasteiger partial charge in [-0.2, -0.15) is 4.80 Å². The van der Waals surface area contributed by atoms with Crippen molar-refractivity contribution in [2.45, 2.75) is 13.8 Å². The van der Waals surface area contributed by atoms with Gasteiger partial charge in [0.25, 0.3) is 0 Å². The van der Waals surface area contributed by atoms with E-state index in [0.717, 1.165) is 28.2 Å². The van der Waals surface area contributed by atoms with Crippen LogP contribution in [0.2, 0.25) is 0 Å². The molecule has 0 spiro atoms. The largest absolute Gasteiger partial charge is 0.150 e. The molecule has 25 heavy (non-hydrogen) atoms. The molecular weight excluding hydrogens is 306 g/mol. The number of hydrogen-bond donors (Lipinski definition) is 0. The molecule has 0 saturated heterocycles. The Hall–Kier alpha value is -3.20. The van der Waals surface area contributed by atoms with Crippen LogP contribution in [-0.2, 0) is 0 Å². The second kappa shape index (κ2) is 6.36. The van der Waals surface area contributed by atoms with Gasteiger partial charge >= 0.3 is 0 Å². The first-order valence-corrected chi connectivity index (χ1v) is 8.37. The third-order valence-electron chi connectivity index (χ3n) is 4.25. The molecule has 0 atom stereocenters. The van der Waals surface area contributed by atoms with Gasteiger partial charge in [-0.25, -0.2) is 0 Å². The highest BCUT2D eigenvalue weighted by atomic mass is 15.5. The van der Waals surface area contributed by atoms with Gasteiger partial charge in [0.2, 0.25) is 0 Å². The van der Waals surface area contributed by atoms with Crippen molar-refractivity contribution in [2.24, 2.45) is 0 Å². The molecule has 0 unspecified atom stereocenters. The lowest BCUT2D eigenvalue weighted by Gasteiger charge is -2.02. The van der Waals surface area contributed by atoms with Gasteiger partial charge < -0.3 is 0 Å². The van der Waals surface area contributed by atoms with Gasteiger partial charge in [0.1, 0.15) is 11.4 Å². The van der Waals surface area contributed by atoms with E-state index in [0.29, 0.717) is 0 Å². The van der Waals surface area contributed by atoms with Gasteiger partial charge in [-0.05, 0) is 26.0 Å². The molecule has 0 aliphatic rings. The fraction of sp³-hybridized carbons (Fsp3) is 0.0909. The summed E-state index contributed by atoms with van der Waals surface area (Å²) in [7, 11) is 0. The summed E-state index contributed by atoms with van der Waals surface area (Å²) >= 11 is 0. The van der Waals surface area contributed by atoms with Crippen LogP contribution < -0.4 is 0 Å². The van der Waals surface area contributed by atoms with Crippen molar-refractivity contribution in [2.75, 3.05) is 0 Å². The fourth-order valence-electron chi connectivity index (χ4n) is 2.80. The van der Waals surface area contributed by atoms with E-state index >= 15 is 0 Å². The maximum atomic E-state index is 4.78. The Bertz CT molecular complexity index is 919. The third-order valence-corrected chi connectivity index (χ3v) is 4.25. The first kappa shape index (κ1) is 15.3. The Morgan fingerprint density at radius 1 is 0.560 bits per heavy atom. The van der Waals surface area contributed by atoms with Crippen molar-refractivity contribution >= 4 is 0 Å². The van der Waals surface area contributed by atoms with Crippen molar-refractivity contribution in [3.63, 3.8) is 0 Å². The normalized spacial score (nSPS) is 10.8. The summed E-state index contributed by atoms with van der Waals surface area (Å²) in [6.07, 6.45) is 0. The molecule has 0 saturated carbocycles. The third kappa shape index (κ3) is 3.09. The van der Waals surface area contributed by atoms with Crippen molar-refractivity contribution in [3.8, 4) is 28.2 Å². The van der Waals surface area contributed by atoms with E-state index in [1.165, 1.54) is 11.1 Å². The zero-order valence-corrected chi connectivity index (χ0v) is 14.3. The van der Waals surface area contributed by atoms with Gasteiger partial charge in [0.15, 0.2) is 0 Å².